The Morgan fingerprint density at radius 3 is 2.89 bits per heavy atom. The first-order chi connectivity index (χ1) is 9.04. The van der Waals surface area contributed by atoms with E-state index in [1.165, 1.54) is 0 Å². The average Bonchev–Trinajstić information content (AvgIpc) is 2.75. The third-order valence-electron chi connectivity index (χ3n) is 2.62. The fourth-order valence-corrected chi connectivity index (χ4v) is 2.31. The molecule has 1 heterocycles. The van der Waals surface area contributed by atoms with E-state index in [1.807, 2.05) is 26.0 Å². The van der Waals surface area contributed by atoms with Gasteiger partial charge in [-0.05, 0) is 41.4 Å². The second kappa shape index (κ2) is 5.75. The van der Waals surface area contributed by atoms with Crippen LogP contribution < -0.4 is 5.32 Å². The quantitative estimate of drug-likeness (QED) is 0.922. The standard InChI is InChI=1S/C13H12BrClN2O2/c1-3-16-13(18)11-10(14)12(19-17-11)8-5-4-7(2)9(15)6-8/h4-6H,3H2,1-2H3,(H,16,18). The zero-order chi connectivity index (χ0) is 14.0. The van der Waals surface area contributed by atoms with E-state index in [4.69, 9.17) is 16.1 Å². The van der Waals surface area contributed by atoms with Crippen molar-refractivity contribution in [3.63, 3.8) is 0 Å². The molecule has 0 saturated heterocycles. The van der Waals surface area contributed by atoms with Crippen molar-refractivity contribution in [1.82, 2.24) is 10.5 Å². The molecule has 2 aromatic rings. The summed E-state index contributed by atoms with van der Waals surface area (Å²) in [6.07, 6.45) is 0. The van der Waals surface area contributed by atoms with Crippen LogP contribution in [0, 0.1) is 6.92 Å². The summed E-state index contributed by atoms with van der Waals surface area (Å²) in [5, 5.41) is 7.10. The molecule has 1 aromatic heterocycles. The Morgan fingerprint density at radius 1 is 1.53 bits per heavy atom. The zero-order valence-corrected chi connectivity index (χ0v) is 12.8. The maximum absolute atomic E-state index is 11.7. The third kappa shape index (κ3) is 2.82. The lowest BCUT2D eigenvalue weighted by molar-refractivity contribution is 0.0946. The smallest absolute Gasteiger partial charge is 0.274 e. The molecule has 0 fully saturated rings. The number of amides is 1. The van der Waals surface area contributed by atoms with E-state index < -0.39 is 0 Å². The topological polar surface area (TPSA) is 55.1 Å². The van der Waals surface area contributed by atoms with E-state index >= 15 is 0 Å². The maximum Gasteiger partial charge on any atom is 0.274 e. The van der Waals surface area contributed by atoms with Crippen molar-refractivity contribution in [2.75, 3.05) is 6.54 Å². The SMILES string of the molecule is CCNC(=O)c1noc(-c2ccc(C)c(Cl)c2)c1Br. The molecule has 4 nitrogen and oxygen atoms in total. The van der Waals surface area contributed by atoms with Crippen LogP contribution in [0.15, 0.2) is 27.2 Å². The molecule has 1 N–H and O–H groups in total. The van der Waals surface area contributed by atoms with Crippen molar-refractivity contribution >= 4 is 33.4 Å². The number of halogens is 2. The third-order valence-corrected chi connectivity index (χ3v) is 3.76. The zero-order valence-electron chi connectivity index (χ0n) is 10.5. The lowest BCUT2D eigenvalue weighted by Gasteiger charge is -2.01. The Bertz CT molecular complexity index is 625. The molecule has 100 valence electrons. The van der Waals surface area contributed by atoms with E-state index in [2.05, 4.69) is 26.4 Å². The molecule has 2 rings (SSSR count). The lowest BCUT2D eigenvalue weighted by Crippen LogP contribution is -2.23. The van der Waals surface area contributed by atoms with Gasteiger partial charge < -0.3 is 9.84 Å². The van der Waals surface area contributed by atoms with Gasteiger partial charge in [-0.15, -0.1) is 0 Å². The highest BCUT2D eigenvalue weighted by atomic mass is 79.9. The Kier molecular flexibility index (Phi) is 4.27. The largest absolute Gasteiger partial charge is 0.354 e. The summed E-state index contributed by atoms with van der Waals surface area (Å²) in [6.45, 7) is 4.29. The van der Waals surface area contributed by atoms with Gasteiger partial charge >= 0.3 is 0 Å². The van der Waals surface area contributed by atoms with Crippen LogP contribution in [0.4, 0.5) is 0 Å². The van der Waals surface area contributed by atoms with Crippen LogP contribution in [0.5, 0.6) is 0 Å². The first-order valence-electron chi connectivity index (χ1n) is 5.74. The van der Waals surface area contributed by atoms with Gasteiger partial charge in [-0.2, -0.15) is 0 Å². The fraction of sp³-hybridized carbons (Fsp3) is 0.231. The predicted octanol–water partition coefficient (Wildman–Crippen LogP) is 3.82. The summed E-state index contributed by atoms with van der Waals surface area (Å²) in [6, 6.07) is 5.54. The summed E-state index contributed by atoms with van der Waals surface area (Å²) in [5.74, 6) is 0.214. The molecule has 0 spiro atoms. The first kappa shape index (κ1) is 14.1. The van der Waals surface area contributed by atoms with Gasteiger partial charge in [0.2, 0.25) is 0 Å². The Morgan fingerprint density at radius 2 is 2.26 bits per heavy atom. The number of nitrogens with zero attached hydrogens (tertiary/aromatic N) is 1. The minimum Gasteiger partial charge on any atom is -0.354 e. The molecule has 6 heteroatoms. The number of aryl methyl sites for hydroxylation is 1. The van der Waals surface area contributed by atoms with Crippen molar-refractivity contribution in [2.45, 2.75) is 13.8 Å². The summed E-state index contributed by atoms with van der Waals surface area (Å²) in [5.41, 5.74) is 1.98. The second-order valence-corrected chi connectivity index (χ2v) is 5.20. The van der Waals surface area contributed by atoms with E-state index in [1.54, 1.807) is 6.07 Å². The molecule has 0 atom stereocenters. The van der Waals surface area contributed by atoms with Crippen LogP contribution in [-0.4, -0.2) is 17.6 Å². The predicted molar refractivity (Wildman–Crippen MR) is 77.4 cm³/mol. The molecule has 1 amide bonds. The second-order valence-electron chi connectivity index (χ2n) is 4.00. The summed E-state index contributed by atoms with van der Waals surface area (Å²) >= 11 is 9.42. The van der Waals surface area contributed by atoms with Gasteiger partial charge in [-0.1, -0.05) is 28.9 Å². The Balaban J connectivity index is 2.41. The number of carbonyl (C=O) groups excluding carboxylic acids is 1. The number of hydrogen-bond acceptors (Lipinski definition) is 3. The molecule has 1 aromatic carbocycles. The minimum absolute atomic E-state index is 0.230. The van der Waals surface area contributed by atoms with E-state index in [9.17, 15) is 4.79 Å². The molecular weight excluding hydrogens is 332 g/mol. The summed E-state index contributed by atoms with van der Waals surface area (Å²) in [4.78, 5) is 11.7. The number of carbonyl (C=O) groups is 1. The van der Waals surface area contributed by atoms with Gasteiger partial charge in [0.05, 0.1) is 4.47 Å². The number of aromatic nitrogens is 1. The van der Waals surface area contributed by atoms with Crippen molar-refractivity contribution < 1.29 is 9.32 Å². The molecular formula is C13H12BrClN2O2. The van der Waals surface area contributed by atoms with Gasteiger partial charge in [0.15, 0.2) is 11.5 Å². The molecule has 0 aliphatic heterocycles. The maximum atomic E-state index is 11.7. The number of benzene rings is 1. The highest BCUT2D eigenvalue weighted by Crippen LogP contribution is 2.33. The van der Waals surface area contributed by atoms with Crippen LogP contribution in [-0.2, 0) is 0 Å². The van der Waals surface area contributed by atoms with Gasteiger partial charge in [-0.3, -0.25) is 4.79 Å². The van der Waals surface area contributed by atoms with Crippen LogP contribution in [0.1, 0.15) is 23.0 Å². The van der Waals surface area contributed by atoms with Gasteiger partial charge in [0.1, 0.15) is 0 Å². The van der Waals surface area contributed by atoms with Gasteiger partial charge in [0, 0.05) is 17.1 Å². The molecule has 0 unspecified atom stereocenters. The monoisotopic (exact) mass is 342 g/mol. The van der Waals surface area contributed by atoms with Crippen molar-refractivity contribution in [3.8, 4) is 11.3 Å². The molecule has 0 aliphatic carbocycles. The molecule has 0 saturated carbocycles. The Hall–Kier alpha value is -1.33. The van der Waals surface area contributed by atoms with Gasteiger partial charge in [-0.25, -0.2) is 0 Å². The van der Waals surface area contributed by atoms with Crippen molar-refractivity contribution in [2.24, 2.45) is 0 Å². The van der Waals surface area contributed by atoms with Crippen LogP contribution in [0.3, 0.4) is 0 Å². The highest BCUT2D eigenvalue weighted by molar-refractivity contribution is 9.10. The van der Waals surface area contributed by atoms with Gasteiger partial charge in [0.25, 0.3) is 5.91 Å². The van der Waals surface area contributed by atoms with Crippen LogP contribution in [0.2, 0.25) is 5.02 Å². The fourth-order valence-electron chi connectivity index (χ4n) is 1.58. The molecule has 0 aliphatic rings. The molecule has 19 heavy (non-hydrogen) atoms. The summed E-state index contributed by atoms with van der Waals surface area (Å²) < 4.78 is 5.75. The number of rotatable bonds is 3. The Labute approximate surface area is 124 Å². The van der Waals surface area contributed by atoms with E-state index in [0.717, 1.165) is 11.1 Å². The van der Waals surface area contributed by atoms with E-state index in [-0.39, 0.29) is 11.6 Å². The number of nitrogens with one attached hydrogen (secondary N) is 1. The molecule has 0 bridgehead atoms. The van der Waals surface area contributed by atoms with Crippen LogP contribution in [0.25, 0.3) is 11.3 Å². The highest BCUT2D eigenvalue weighted by Gasteiger charge is 2.20. The normalized spacial score (nSPS) is 10.5. The molecule has 0 radical (unpaired) electrons. The van der Waals surface area contributed by atoms with Crippen LogP contribution >= 0.6 is 27.5 Å². The average molecular weight is 344 g/mol. The van der Waals surface area contributed by atoms with Crippen molar-refractivity contribution in [3.05, 3.63) is 39.0 Å². The first-order valence-corrected chi connectivity index (χ1v) is 6.91. The van der Waals surface area contributed by atoms with E-state index in [0.29, 0.717) is 21.8 Å². The van der Waals surface area contributed by atoms with Crippen molar-refractivity contribution in [1.29, 1.82) is 0 Å². The minimum atomic E-state index is -0.275. The number of hydrogen-bond donors (Lipinski definition) is 1. The summed E-state index contributed by atoms with van der Waals surface area (Å²) in [7, 11) is 0. The lowest BCUT2D eigenvalue weighted by atomic mass is 10.1.